The Labute approximate surface area is 95.3 Å². The Morgan fingerprint density at radius 3 is 1.36 bits per heavy atom. The van der Waals surface area contributed by atoms with Gasteiger partial charge in [0.2, 0.25) is 0 Å². The molecule has 0 aromatic rings. The Morgan fingerprint density at radius 2 is 1.36 bits per heavy atom. The van der Waals surface area contributed by atoms with Crippen molar-refractivity contribution in [2.24, 2.45) is 0 Å². The fraction of sp³-hybridized carbons (Fsp3) is 0. The summed E-state index contributed by atoms with van der Waals surface area (Å²) < 4.78 is 38.4. The van der Waals surface area contributed by atoms with Gasteiger partial charge >= 0.3 is 37.7 Å². The van der Waals surface area contributed by atoms with Gasteiger partial charge in [0.1, 0.15) is 0 Å². The van der Waals surface area contributed by atoms with Gasteiger partial charge in [-0.1, -0.05) is 13.2 Å². The van der Waals surface area contributed by atoms with Crippen molar-refractivity contribution in [3.05, 3.63) is 25.7 Å². The standard InChI is InChI=1S/C4H6O.Ca.H2O4S/c1-3-5-4-2;;1-5(2,3)4/h3-4H,1-2H2;;(H2,1,2,3,4)/q;+2;/p-2. The van der Waals surface area contributed by atoms with Gasteiger partial charge in [-0.2, -0.15) is 0 Å². The van der Waals surface area contributed by atoms with E-state index >= 15 is 0 Å². The molecule has 0 aromatic heterocycles. The van der Waals surface area contributed by atoms with Crippen LogP contribution in [-0.2, 0) is 15.1 Å². The Morgan fingerprint density at radius 1 is 1.18 bits per heavy atom. The molecule has 0 radical (unpaired) electrons. The summed E-state index contributed by atoms with van der Waals surface area (Å²) >= 11 is 0. The van der Waals surface area contributed by atoms with Crippen LogP contribution in [-0.4, -0.2) is 55.3 Å². The fourth-order valence-electron chi connectivity index (χ4n) is 0.0680. The molecule has 0 aliphatic carbocycles. The van der Waals surface area contributed by atoms with E-state index in [1.165, 1.54) is 12.5 Å². The van der Waals surface area contributed by atoms with Gasteiger partial charge in [0, 0.05) is 10.4 Å². The van der Waals surface area contributed by atoms with Gasteiger partial charge in [-0.3, -0.25) is 8.42 Å². The molecule has 5 nitrogen and oxygen atoms in total. The zero-order valence-corrected chi connectivity index (χ0v) is 8.75. The molecule has 0 aromatic carbocycles. The van der Waals surface area contributed by atoms with E-state index in [2.05, 4.69) is 17.9 Å². The number of ether oxygens (including phenoxy) is 1. The number of hydrogen-bond donors (Lipinski definition) is 0. The van der Waals surface area contributed by atoms with E-state index in [0.29, 0.717) is 0 Å². The molecule has 0 fully saturated rings. The second kappa shape index (κ2) is 10.4. The van der Waals surface area contributed by atoms with E-state index in [-0.39, 0.29) is 37.7 Å². The molecule has 0 heterocycles. The zero-order valence-electron chi connectivity index (χ0n) is 5.73. The third-order valence-corrected chi connectivity index (χ3v) is 0.192. The predicted octanol–water partition coefficient (Wildman–Crippen LogP) is -0.429. The van der Waals surface area contributed by atoms with Crippen LogP contribution in [0.4, 0.5) is 0 Å². The van der Waals surface area contributed by atoms with Crippen molar-refractivity contribution in [3.8, 4) is 0 Å². The molecule has 0 aliphatic heterocycles. The summed E-state index contributed by atoms with van der Waals surface area (Å²) in [5.74, 6) is 0. The third-order valence-electron chi connectivity index (χ3n) is 0.192. The normalized spacial score (nSPS) is 7.82. The molecule has 0 atom stereocenters. The van der Waals surface area contributed by atoms with Crippen molar-refractivity contribution >= 4 is 48.1 Å². The average Bonchev–Trinajstić information content (AvgIpc) is 1.63. The van der Waals surface area contributed by atoms with Gasteiger partial charge in [-0.15, -0.1) is 0 Å². The van der Waals surface area contributed by atoms with Crippen LogP contribution in [0.1, 0.15) is 0 Å². The van der Waals surface area contributed by atoms with Gasteiger partial charge in [0.15, 0.2) is 0 Å². The molecule has 60 valence electrons. The molecular weight excluding hydrogens is 200 g/mol. The van der Waals surface area contributed by atoms with Gasteiger partial charge in [-0.25, -0.2) is 0 Å². The minimum absolute atomic E-state index is 0. The summed E-state index contributed by atoms with van der Waals surface area (Å²) in [6.45, 7) is 6.51. The molecule has 0 bridgehead atoms. The van der Waals surface area contributed by atoms with E-state index < -0.39 is 10.4 Å². The molecule has 0 aliphatic rings. The molecular formula is C4H6CaO5S. The molecule has 0 saturated carbocycles. The fourth-order valence-corrected chi connectivity index (χ4v) is 0.0680. The van der Waals surface area contributed by atoms with Crippen LogP contribution in [0.2, 0.25) is 0 Å². The van der Waals surface area contributed by atoms with Crippen LogP contribution >= 0.6 is 0 Å². The topological polar surface area (TPSA) is 89.5 Å². The predicted molar refractivity (Wildman–Crippen MR) is 37.7 cm³/mol. The Hall–Kier alpha value is 0.410. The average molecular weight is 206 g/mol. The summed E-state index contributed by atoms with van der Waals surface area (Å²) in [6.07, 6.45) is 2.62. The quantitative estimate of drug-likeness (QED) is 0.265. The molecule has 0 spiro atoms. The van der Waals surface area contributed by atoms with Gasteiger partial charge < -0.3 is 13.8 Å². The van der Waals surface area contributed by atoms with Crippen LogP contribution in [0.15, 0.2) is 25.7 Å². The first-order valence-corrected chi connectivity index (χ1v) is 3.29. The van der Waals surface area contributed by atoms with Crippen LogP contribution < -0.4 is 0 Å². The summed E-state index contributed by atoms with van der Waals surface area (Å²) in [6, 6.07) is 0. The molecule has 0 unspecified atom stereocenters. The molecule has 0 amide bonds. The Kier molecular flexibility index (Phi) is 16.5. The minimum Gasteiger partial charge on any atom is -0.759 e. The molecule has 0 saturated heterocycles. The maximum absolute atomic E-state index is 8.52. The SMILES string of the molecule is C=COC=C.O=S(=O)([O-])[O-].[Ca+2]. The summed E-state index contributed by atoms with van der Waals surface area (Å²) in [7, 11) is -5.17. The van der Waals surface area contributed by atoms with Crippen LogP contribution in [0.3, 0.4) is 0 Å². The van der Waals surface area contributed by atoms with Crippen molar-refractivity contribution < 1.29 is 22.3 Å². The first kappa shape index (κ1) is 17.5. The van der Waals surface area contributed by atoms with Gasteiger partial charge in [0.05, 0.1) is 12.5 Å². The van der Waals surface area contributed by atoms with E-state index in [1.807, 2.05) is 0 Å². The summed E-state index contributed by atoms with van der Waals surface area (Å²) in [5.41, 5.74) is 0. The third kappa shape index (κ3) is 127. The van der Waals surface area contributed by atoms with E-state index in [0.717, 1.165) is 0 Å². The van der Waals surface area contributed by atoms with Crippen molar-refractivity contribution in [1.82, 2.24) is 0 Å². The van der Waals surface area contributed by atoms with Crippen LogP contribution in [0, 0.1) is 0 Å². The second-order valence-corrected chi connectivity index (χ2v) is 1.69. The largest absolute Gasteiger partial charge is 2.00 e. The van der Waals surface area contributed by atoms with E-state index in [9.17, 15) is 0 Å². The number of hydrogen-bond acceptors (Lipinski definition) is 5. The Bertz CT molecular complexity index is 171. The van der Waals surface area contributed by atoms with Gasteiger partial charge in [0.25, 0.3) is 0 Å². The molecule has 0 N–H and O–H groups in total. The van der Waals surface area contributed by atoms with Crippen molar-refractivity contribution in [2.45, 2.75) is 0 Å². The first-order valence-electron chi connectivity index (χ1n) is 1.95. The van der Waals surface area contributed by atoms with Gasteiger partial charge in [-0.05, 0) is 0 Å². The molecule has 11 heavy (non-hydrogen) atoms. The minimum atomic E-state index is -5.17. The molecule has 0 rings (SSSR count). The van der Waals surface area contributed by atoms with E-state index in [1.54, 1.807) is 0 Å². The van der Waals surface area contributed by atoms with Crippen molar-refractivity contribution in [2.75, 3.05) is 0 Å². The van der Waals surface area contributed by atoms with Crippen molar-refractivity contribution in [3.63, 3.8) is 0 Å². The maximum atomic E-state index is 8.52. The van der Waals surface area contributed by atoms with Crippen molar-refractivity contribution in [1.29, 1.82) is 0 Å². The number of rotatable bonds is 2. The zero-order chi connectivity index (χ0) is 8.62. The maximum Gasteiger partial charge on any atom is 2.00 e. The van der Waals surface area contributed by atoms with Crippen LogP contribution in [0.5, 0.6) is 0 Å². The monoisotopic (exact) mass is 206 g/mol. The summed E-state index contributed by atoms with van der Waals surface area (Å²) in [5, 5.41) is 0. The Balaban J connectivity index is -0.000000107. The van der Waals surface area contributed by atoms with E-state index in [4.69, 9.17) is 17.5 Å². The van der Waals surface area contributed by atoms with Crippen LogP contribution in [0.25, 0.3) is 0 Å². The summed E-state index contributed by atoms with van der Waals surface area (Å²) in [4.78, 5) is 0. The molecule has 7 heteroatoms. The smallest absolute Gasteiger partial charge is 0.759 e. The second-order valence-electron chi connectivity index (χ2n) is 0.878. The first-order chi connectivity index (χ1) is 4.41.